The lowest BCUT2D eigenvalue weighted by Gasteiger charge is -2.15. The average Bonchev–Trinajstić information content (AvgIpc) is 3.53. The highest BCUT2D eigenvalue weighted by molar-refractivity contribution is 5.70. The molecule has 0 amide bonds. The minimum atomic E-state index is -0.801. The van der Waals surface area contributed by atoms with Crippen LogP contribution in [0, 0.1) is 0 Å². The van der Waals surface area contributed by atoms with Crippen LogP contribution in [0.5, 0.6) is 0 Å². The summed E-state index contributed by atoms with van der Waals surface area (Å²) in [4.78, 5) is 24.7. The van der Waals surface area contributed by atoms with Crippen molar-refractivity contribution in [3.63, 3.8) is 0 Å². The van der Waals surface area contributed by atoms with Crippen molar-refractivity contribution >= 4 is 11.9 Å². The molecule has 0 aliphatic carbocycles. The van der Waals surface area contributed by atoms with Crippen LogP contribution in [0.4, 0.5) is 0 Å². The summed E-state index contributed by atoms with van der Waals surface area (Å²) in [5.74, 6) is -0.627. The Morgan fingerprint density at radius 3 is 0.698 bits per heavy atom. The Balaban J connectivity index is 3.64. The molecule has 86 heavy (non-hydrogen) atoms. The molecule has 0 aliphatic rings. The van der Waals surface area contributed by atoms with E-state index in [1.807, 2.05) is 0 Å². The van der Waals surface area contributed by atoms with Gasteiger partial charge in [-0.05, 0) is 154 Å². The number of unbranched alkanes of at least 4 members (excludes halogenated alkanes) is 16. The first-order chi connectivity index (χ1) is 42.6. The van der Waals surface area contributed by atoms with Crippen LogP contribution in [0.2, 0.25) is 0 Å². The summed E-state index contributed by atoms with van der Waals surface area (Å²) in [6.07, 6.45) is 119. The minimum Gasteiger partial charge on any atom is -0.462 e. The van der Waals surface area contributed by atoms with E-state index < -0.39 is 6.10 Å². The van der Waals surface area contributed by atoms with Crippen LogP contribution >= 0.6 is 0 Å². The summed E-state index contributed by atoms with van der Waals surface area (Å²) in [5, 5.41) is 9.70. The zero-order valence-electron chi connectivity index (χ0n) is 54.7. The Morgan fingerprint density at radius 1 is 0.267 bits per heavy atom. The molecule has 0 saturated heterocycles. The van der Waals surface area contributed by atoms with Gasteiger partial charge in [0.2, 0.25) is 0 Å². The van der Waals surface area contributed by atoms with Crippen molar-refractivity contribution in [2.45, 2.75) is 264 Å². The van der Waals surface area contributed by atoms with Gasteiger partial charge in [-0.1, -0.05) is 310 Å². The molecule has 0 bridgehead atoms. The third-order valence-electron chi connectivity index (χ3n) is 13.8. The van der Waals surface area contributed by atoms with Crippen LogP contribution in [0.1, 0.15) is 258 Å². The average molecular weight is 1180 g/mol. The standard InChI is InChI=1S/C81H124O5/c1-3-5-7-9-11-13-15-17-19-21-23-25-27-29-31-33-35-37-39-40-42-44-46-48-50-52-54-56-58-60-62-64-66-68-70-72-74-76-81(84)86-79(77-82)78-85-80(83)75-73-71-69-67-65-63-61-59-57-55-53-51-49-47-45-43-41-38-36-34-32-30-28-26-24-22-20-18-16-14-12-10-8-6-4-2/h5-8,11-14,17-20,23-26,29-32,35-38,40,42-43,45-46,48-49,51-52,54,58,60,79,82H,3-4,9-10,15-16,21-22,27-28,33-34,39,41,44,47,50,53,55-57,59,61-78H2,1-2H3/b7-5-,8-6-,13-11-,14-12-,19-17-,20-18-,25-23-,26-24-,31-29-,32-30-,37-35-,38-36-,42-40-,45-43-,48-46-,51-49-,54-52-,60-58-. The Labute approximate surface area is 529 Å². The van der Waals surface area contributed by atoms with E-state index in [0.717, 1.165) is 167 Å². The molecule has 1 atom stereocenters. The maximum Gasteiger partial charge on any atom is 0.306 e. The minimum absolute atomic E-state index is 0.0885. The van der Waals surface area contributed by atoms with Gasteiger partial charge in [0.25, 0.3) is 0 Å². The van der Waals surface area contributed by atoms with Gasteiger partial charge < -0.3 is 14.6 Å². The van der Waals surface area contributed by atoms with Crippen LogP contribution in [0.3, 0.4) is 0 Å². The Hall–Kier alpha value is -5.78. The lowest BCUT2D eigenvalue weighted by Crippen LogP contribution is -2.28. The van der Waals surface area contributed by atoms with E-state index in [1.54, 1.807) is 0 Å². The molecule has 0 saturated carbocycles. The van der Waals surface area contributed by atoms with Crippen molar-refractivity contribution in [1.82, 2.24) is 0 Å². The molecule has 0 heterocycles. The van der Waals surface area contributed by atoms with Gasteiger partial charge in [0, 0.05) is 12.8 Å². The number of aliphatic hydroxyl groups excluding tert-OH is 1. The molecule has 0 aromatic heterocycles. The number of hydrogen-bond acceptors (Lipinski definition) is 5. The predicted molar refractivity (Wildman–Crippen MR) is 379 cm³/mol. The molecule has 0 fully saturated rings. The second-order valence-corrected chi connectivity index (χ2v) is 21.8. The number of carbonyl (C=O) groups is 2. The van der Waals surface area contributed by atoms with Crippen LogP contribution in [0.15, 0.2) is 219 Å². The first kappa shape index (κ1) is 80.2. The quantitative estimate of drug-likeness (QED) is 0.0373. The monoisotopic (exact) mass is 1180 g/mol. The first-order valence-electron chi connectivity index (χ1n) is 34.3. The molecule has 478 valence electrons. The van der Waals surface area contributed by atoms with E-state index in [-0.39, 0.29) is 25.2 Å². The van der Waals surface area contributed by atoms with Crippen LogP contribution in [0.25, 0.3) is 0 Å². The fourth-order valence-corrected chi connectivity index (χ4v) is 8.72. The SMILES string of the molecule is CC/C=C\C/C=C\C/C=C\C/C=C\C/C=C\C/C=C\C/C=C\C/C=C\C/C=C\C/C=C\CCCCCCCCC(=O)OC(CO)COC(=O)CCCCCCCCCCCC/C=C\C/C=C\C/C=C\C/C=C\C/C=C\C/C=C\C/C=C\C/C=C\CC. The number of esters is 2. The predicted octanol–water partition coefficient (Wildman–Crippen LogP) is 24.3. The van der Waals surface area contributed by atoms with E-state index in [4.69, 9.17) is 9.47 Å². The Morgan fingerprint density at radius 2 is 0.465 bits per heavy atom. The summed E-state index contributed by atoms with van der Waals surface area (Å²) < 4.78 is 10.7. The number of hydrogen-bond donors (Lipinski definition) is 1. The third kappa shape index (κ3) is 70.7. The highest BCUT2D eigenvalue weighted by Gasteiger charge is 2.16. The van der Waals surface area contributed by atoms with Gasteiger partial charge in [0.05, 0.1) is 6.61 Å². The van der Waals surface area contributed by atoms with Gasteiger partial charge in [-0.25, -0.2) is 0 Å². The van der Waals surface area contributed by atoms with E-state index in [9.17, 15) is 14.7 Å². The van der Waals surface area contributed by atoms with Crippen molar-refractivity contribution in [3.05, 3.63) is 219 Å². The van der Waals surface area contributed by atoms with Crippen molar-refractivity contribution in [2.75, 3.05) is 13.2 Å². The molecular formula is C81H124O5. The van der Waals surface area contributed by atoms with Gasteiger partial charge in [0.15, 0.2) is 6.10 Å². The van der Waals surface area contributed by atoms with Gasteiger partial charge in [-0.15, -0.1) is 0 Å². The fourth-order valence-electron chi connectivity index (χ4n) is 8.72. The number of allylic oxidation sites excluding steroid dienone is 36. The van der Waals surface area contributed by atoms with Crippen LogP contribution < -0.4 is 0 Å². The van der Waals surface area contributed by atoms with Crippen LogP contribution in [-0.2, 0) is 19.1 Å². The largest absolute Gasteiger partial charge is 0.462 e. The second kappa shape index (κ2) is 73.5. The Kier molecular flexibility index (Phi) is 68.5. The summed E-state index contributed by atoms with van der Waals surface area (Å²) in [5.41, 5.74) is 0. The van der Waals surface area contributed by atoms with Gasteiger partial charge >= 0.3 is 11.9 Å². The van der Waals surface area contributed by atoms with E-state index in [0.29, 0.717) is 12.8 Å². The van der Waals surface area contributed by atoms with E-state index >= 15 is 0 Å². The number of carbonyl (C=O) groups excluding carboxylic acids is 2. The van der Waals surface area contributed by atoms with Crippen molar-refractivity contribution in [3.8, 4) is 0 Å². The van der Waals surface area contributed by atoms with Gasteiger partial charge in [0.1, 0.15) is 6.61 Å². The summed E-state index contributed by atoms with van der Waals surface area (Å²) in [6, 6.07) is 0. The summed E-state index contributed by atoms with van der Waals surface area (Å²) in [7, 11) is 0. The molecule has 0 aromatic carbocycles. The molecule has 0 aromatic rings. The van der Waals surface area contributed by atoms with Gasteiger partial charge in [-0.3, -0.25) is 9.59 Å². The van der Waals surface area contributed by atoms with Gasteiger partial charge in [-0.2, -0.15) is 0 Å². The highest BCUT2D eigenvalue weighted by atomic mass is 16.6. The van der Waals surface area contributed by atoms with Crippen LogP contribution in [-0.4, -0.2) is 36.4 Å². The smallest absolute Gasteiger partial charge is 0.306 e. The van der Waals surface area contributed by atoms with Crippen molar-refractivity contribution in [1.29, 1.82) is 0 Å². The maximum absolute atomic E-state index is 12.4. The normalized spacial score (nSPS) is 13.7. The van der Waals surface area contributed by atoms with Crippen molar-refractivity contribution in [2.24, 2.45) is 0 Å². The topological polar surface area (TPSA) is 72.8 Å². The molecule has 0 spiro atoms. The Bertz CT molecular complexity index is 2060. The second-order valence-electron chi connectivity index (χ2n) is 21.8. The number of rotatable bonds is 60. The zero-order chi connectivity index (χ0) is 61.9. The molecule has 5 heteroatoms. The molecule has 0 aliphatic heterocycles. The molecular weight excluding hydrogens is 1050 g/mol. The number of aliphatic hydroxyl groups is 1. The molecule has 0 radical (unpaired) electrons. The summed E-state index contributed by atoms with van der Waals surface area (Å²) in [6.45, 7) is 3.89. The van der Waals surface area contributed by atoms with E-state index in [1.165, 1.54) is 64.2 Å². The molecule has 1 N–H and O–H groups in total. The number of ether oxygens (including phenoxy) is 2. The third-order valence-corrected chi connectivity index (χ3v) is 13.8. The van der Waals surface area contributed by atoms with Crippen molar-refractivity contribution < 1.29 is 24.2 Å². The zero-order valence-corrected chi connectivity index (χ0v) is 54.7. The highest BCUT2D eigenvalue weighted by Crippen LogP contribution is 2.14. The first-order valence-corrected chi connectivity index (χ1v) is 34.3. The molecule has 5 nitrogen and oxygen atoms in total. The van der Waals surface area contributed by atoms with E-state index in [2.05, 4.69) is 233 Å². The molecule has 1 unspecified atom stereocenters. The molecule has 0 rings (SSSR count). The lowest BCUT2D eigenvalue weighted by molar-refractivity contribution is -0.161. The summed E-state index contributed by atoms with van der Waals surface area (Å²) >= 11 is 0. The fraction of sp³-hybridized carbons (Fsp3) is 0.531. The maximum atomic E-state index is 12.4. The lowest BCUT2D eigenvalue weighted by atomic mass is 10.1.